The van der Waals surface area contributed by atoms with Crippen molar-refractivity contribution < 1.29 is 9.57 Å². The van der Waals surface area contributed by atoms with Gasteiger partial charge in [-0.1, -0.05) is 12.1 Å². The van der Waals surface area contributed by atoms with Crippen molar-refractivity contribution in [3.8, 4) is 11.8 Å². The van der Waals surface area contributed by atoms with Crippen LogP contribution in [-0.4, -0.2) is 35.9 Å². The molecule has 0 spiro atoms. The second kappa shape index (κ2) is 8.52. The third-order valence-electron chi connectivity index (χ3n) is 3.10. The number of hydroxylamine groups is 2. The number of nitrogens with two attached hydrogens (primary N) is 2. The molecule has 0 saturated heterocycles. The average molecular weight is 397 g/mol. The van der Waals surface area contributed by atoms with Gasteiger partial charge >= 0.3 is 0 Å². The number of benzene rings is 1. The van der Waals surface area contributed by atoms with Crippen molar-refractivity contribution >= 4 is 28.9 Å². The number of nitrogens with zero attached hydrogens (tertiary/aromatic N) is 4. The van der Waals surface area contributed by atoms with Gasteiger partial charge in [0.2, 0.25) is 11.9 Å². The molecule has 1 heterocycles. The number of para-hydroxylation sites is 1. The first-order chi connectivity index (χ1) is 10.9. The summed E-state index contributed by atoms with van der Waals surface area (Å²) in [5.41, 5.74) is 11.2. The summed E-state index contributed by atoms with van der Waals surface area (Å²) in [7, 11) is 0. The lowest BCUT2D eigenvalue weighted by Crippen LogP contribution is -2.53. The maximum atomic E-state index is 8.99. The zero-order valence-electron chi connectivity index (χ0n) is 13.6. The predicted octanol–water partition coefficient (Wildman–Crippen LogP) is 1.52. The number of ether oxygens (including phenoxy) is 1. The van der Waals surface area contributed by atoms with E-state index in [0.29, 0.717) is 30.9 Å². The van der Waals surface area contributed by atoms with Crippen LogP contribution in [0.25, 0.3) is 0 Å². The molecule has 8 nitrogen and oxygen atoms in total. The van der Waals surface area contributed by atoms with Gasteiger partial charge in [0.15, 0.2) is 5.66 Å². The Bertz CT molecular complexity index is 668. The van der Waals surface area contributed by atoms with Gasteiger partial charge in [-0.05, 0) is 26.0 Å². The van der Waals surface area contributed by atoms with E-state index >= 15 is 0 Å². The Kier molecular flexibility index (Phi) is 7.00. The lowest BCUT2D eigenvalue weighted by Gasteiger charge is -2.36. The molecule has 9 heteroatoms. The van der Waals surface area contributed by atoms with Crippen LogP contribution >= 0.6 is 17.0 Å². The summed E-state index contributed by atoms with van der Waals surface area (Å²) >= 11 is 0. The largest absolute Gasteiger partial charge is 0.492 e. The van der Waals surface area contributed by atoms with Crippen molar-refractivity contribution in [3.05, 3.63) is 29.8 Å². The lowest BCUT2D eigenvalue weighted by molar-refractivity contribution is -0.158. The smallest absolute Gasteiger partial charge is 0.226 e. The second-order valence-corrected chi connectivity index (χ2v) is 5.37. The van der Waals surface area contributed by atoms with Gasteiger partial charge in [-0.15, -0.1) is 17.0 Å². The number of rotatable bonds is 6. The highest BCUT2D eigenvalue weighted by Gasteiger charge is 2.32. The van der Waals surface area contributed by atoms with Gasteiger partial charge in [0.05, 0.1) is 18.8 Å². The molecule has 130 valence electrons. The van der Waals surface area contributed by atoms with Crippen molar-refractivity contribution in [2.45, 2.75) is 25.9 Å². The standard InChI is InChI=1S/C15H20N6O2.BrH/c1-15(2)20-13(17)19-14(18)21(15)23-9-5-8-22-12-7-4-3-6-11(12)10-16;/h3-4,6-7H,5,8-9H2,1-2H3,(H4,17,18,19,20);1H. The second-order valence-electron chi connectivity index (χ2n) is 5.37. The molecule has 0 aliphatic carbocycles. The topological polar surface area (TPSA) is 122 Å². The van der Waals surface area contributed by atoms with Gasteiger partial charge in [0.25, 0.3) is 0 Å². The highest BCUT2D eigenvalue weighted by molar-refractivity contribution is 8.93. The van der Waals surface area contributed by atoms with Crippen molar-refractivity contribution in [2.24, 2.45) is 21.5 Å². The number of hydrogen-bond acceptors (Lipinski definition) is 8. The molecule has 0 unspecified atom stereocenters. The van der Waals surface area contributed by atoms with Crippen LogP contribution in [0, 0.1) is 11.3 Å². The highest BCUT2D eigenvalue weighted by Crippen LogP contribution is 2.20. The van der Waals surface area contributed by atoms with E-state index in [1.807, 2.05) is 19.9 Å². The summed E-state index contributed by atoms with van der Waals surface area (Å²) in [4.78, 5) is 13.7. The number of halogens is 1. The van der Waals surface area contributed by atoms with Crippen LogP contribution in [0.5, 0.6) is 5.75 Å². The van der Waals surface area contributed by atoms with Gasteiger partial charge in [-0.25, -0.2) is 4.99 Å². The number of nitriles is 1. The van der Waals surface area contributed by atoms with E-state index in [1.165, 1.54) is 5.06 Å². The van der Waals surface area contributed by atoms with Crippen LogP contribution in [0.2, 0.25) is 0 Å². The van der Waals surface area contributed by atoms with E-state index in [9.17, 15) is 0 Å². The molecule has 1 aliphatic heterocycles. The molecule has 1 aromatic rings. The molecular formula is C15H21BrN6O2. The van der Waals surface area contributed by atoms with Crippen molar-refractivity contribution in [3.63, 3.8) is 0 Å². The van der Waals surface area contributed by atoms with Crippen molar-refractivity contribution in [1.29, 1.82) is 5.26 Å². The SMILES string of the molecule is Br.CC1(C)N=C(N)N=C(N)N1OCCCOc1ccccc1C#N. The molecule has 2 rings (SSSR count). The van der Waals surface area contributed by atoms with E-state index in [1.54, 1.807) is 18.2 Å². The molecule has 1 aromatic carbocycles. The zero-order chi connectivity index (χ0) is 16.9. The number of hydrogen-bond donors (Lipinski definition) is 2. The molecule has 0 atom stereocenters. The summed E-state index contributed by atoms with van der Waals surface area (Å²) in [5.74, 6) is 0.855. The monoisotopic (exact) mass is 396 g/mol. The minimum atomic E-state index is -0.718. The first-order valence-corrected chi connectivity index (χ1v) is 7.18. The maximum absolute atomic E-state index is 8.99. The molecule has 0 aromatic heterocycles. The van der Waals surface area contributed by atoms with E-state index < -0.39 is 5.66 Å². The Hall–Kier alpha value is -2.31. The first kappa shape index (κ1) is 19.7. The number of aliphatic imine (C=N–C) groups is 2. The molecule has 1 aliphatic rings. The Morgan fingerprint density at radius 3 is 2.62 bits per heavy atom. The summed E-state index contributed by atoms with van der Waals surface area (Å²) in [6.45, 7) is 4.42. The third kappa shape index (κ3) is 4.84. The van der Waals surface area contributed by atoms with Crippen LogP contribution < -0.4 is 16.2 Å². The highest BCUT2D eigenvalue weighted by atomic mass is 79.9. The minimum Gasteiger partial charge on any atom is -0.492 e. The van der Waals surface area contributed by atoms with Gasteiger partial charge < -0.3 is 16.2 Å². The van der Waals surface area contributed by atoms with Crippen LogP contribution in [0.3, 0.4) is 0 Å². The van der Waals surface area contributed by atoms with Crippen molar-refractivity contribution in [2.75, 3.05) is 13.2 Å². The zero-order valence-corrected chi connectivity index (χ0v) is 15.3. The fourth-order valence-corrected chi connectivity index (χ4v) is 2.10. The minimum absolute atomic E-state index is 0. The summed E-state index contributed by atoms with van der Waals surface area (Å²) in [6.07, 6.45) is 0.610. The van der Waals surface area contributed by atoms with Gasteiger partial charge in [-0.2, -0.15) is 15.3 Å². The van der Waals surface area contributed by atoms with Crippen LogP contribution in [-0.2, 0) is 4.84 Å². The molecule has 4 N–H and O–H groups in total. The molecular weight excluding hydrogens is 376 g/mol. The number of guanidine groups is 2. The fraction of sp³-hybridized carbons (Fsp3) is 0.400. The van der Waals surface area contributed by atoms with Gasteiger partial charge in [0.1, 0.15) is 11.8 Å². The summed E-state index contributed by atoms with van der Waals surface area (Å²) in [6, 6.07) is 9.17. The third-order valence-corrected chi connectivity index (χ3v) is 3.10. The van der Waals surface area contributed by atoms with Crippen LogP contribution in [0.4, 0.5) is 0 Å². The molecule has 24 heavy (non-hydrogen) atoms. The summed E-state index contributed by atoms with van der Waals surface area (Å²) < 4.78 is 5.58. The van der Waals surface area contributed by atoms with E-state index in [4.69, 9.17) is 26.3 Å². The fourth-order valence-electron chi connectivity index (χ4n) is 2.10. The normalized spacial score (nSPS) is 15.6. The van der Waals surface area contributed by atoms with E-state index in [0.717, 1.165) is 0 Å². The van der Waals surface area contributed by atoms with Crippen LogP contribution in [0.15, 0.2) is 34.3 Å². The predicted molar refractivity (Wildman–Crippen MR) is 96.7 cm³/mol. The molecule has 0 radical (unpaired) electrons. The molecule has 0 saturated carbocycles. The van der Waals surface area contributed by atoms with E-state index in [2.05, 4.69) is 16.1 Å². The quantitative estimate of drug-likeness (QED) is 0.702. The van der Waals surface area contributed by atoms with Crippen LogP contribution in [0.1, 0.15) is 25.8 Å². The van der Waals surface area contributed by atoms with Gasteiger partial charge in [0, 0.05) is 6.42 Å². The van der Waals surface area contributed by atoms with Crippen molar-refractivity contribution in [1.82, 2.24) is 5.06 Å². The Morgan fingerprint density at radius 1 is 1.25 bits per heavy atom. The van der Waals surface area contributed by atoms with Gasteiger partial charge in [-0.3, -0.25) is 4.84 Å². The average Bonchev–Trinajstić information content (AvgIpc) is 2.48. The lowest BCUT2D eigenvalue weighted by atomic mass is 10.2. The molecule has 0 bridgehead atoms. The molecule has 0 fully saturated rings. The summed E-state index contributed by atoms with van der Waals surface area (Å²) in [5, 5.41) is 10.4. The van der Waals surface area contributed by atoms with E-state index in [-0.39, 0.29) is 28.9 Å². The first-order valence-electron chi connectivity index (χ1n) is 7.18. The Balaban J connectivity index is 0.00000288. The molecule has 0 amide bonds. The Morgan fingerprint density at radius 2 is 1.96 bits per heavy atom. The Labute approximate surface area is 151 Å². The maximum Gasteiger partial charge on any atom is 0.226 e.